The molecule has 3 aliphatic rings. The number of aromatic nitrogens is 1. The van der Waals surface area contributed by atoms with Crippen molar-refractivity contribution in [2.75, 3.05) is 37.6 Å². The van der Waals surface area contributed by atoms with Gasteiger partial charge in [0, 0.05) is 73.6 Å². The fourth-order valence-electron chi connectivity index (χ4n) is 5.72. The Morgan fingerprint density at radius 2 is 2.00 bits per heavy atom. The lowest BCUT2D eigenvalue weighted by molar-refractivity contribution is 0.117. The van der Waals surface area contributed by atoms with Gasteiger partial charge in [-0.3, -0.25) is 14.8 Å². The van der Waals surface area contributed by atoms with Gasteiger partial charge in [-0.2, -0.15) is 5.26 Å². The molecule has 0 amide bonds. The summed E-state index contributed by atoms with van der Waals surface area (Å²) in [7, 11) is 0. The molecule has 0 spiro atoms. The van der Waals surface area contributed by atoms with Crippen molar-refractivity contribution in [1.29, 1.82) is 5.26 Å². The number of fused-ring (bicyclic) bond motifs is 2. The number of piperazine rings is 1. The lowest BCUT2D eigenvalue weighted by Gasteiger charge is -2.43. The maximum absolute atomic E-state index is 9.49. The van der Waals surface area contributed by atoms with E-state index in [9.17, 15) is 5.26 Å². The van der Waals surface area contributed by atoms with Crippen molar-refractivity contribution in [2.24, 2.45) is 5.73 Å². The summed E-state index contributed by atoms with van der Waals surface area (Å²) in [6, 6.07) is 11.5. The van der Waals surface area contributed by atoms with Gasteiger partial charge in [0.2, 0.25) is 0 Å². The topological polar surface area (TPSA) is 72.4 Å². The molecule has 0 unspecified atom stereocenters. The van der Waals surface area contributed by atoms with Gasteiger partial charge in [0.1, 0.15) is 6.07 Å². The predicted molar refractivity (Wildman–Crippen MR) is 120 cm³/mol. The first-order valence-electron chi connectivity index (χ1n) is 11.7. The summed E-state index contributed by atoms with van der Waals surface area (Å²) in [6.07, 6.45) is 3.56. The number of likely N-dealkylation sites (tertiary alicyclic amines) is 1. The lowest BCUT2D eigenvalue weighted by Crippen LogP contribution is -2.55. The van der Waals surface area contributed by atoms with Crippen LogP contribution in [0.15, 0.2) is 30.4 Å². The molecule has 2 aromatic rings. The van der Waals surface area contributed by atoms with E-state index in [0.717, 1.165) is 56.6 Å². The Labute approximate surface area is 180 Å². The van der Waals surface area contributed by atoms with E-state index in [-0.39, 0.29) is 11.7 Å². The maximum atomic E-state index is 9.49. The Morgan fingerprint density at radius 3 is 2.77 bits per heavy atom. The molecule has 3 saturated heterocycles. The molecular weight excluding hydrogens is 372 g/mol. The van der Waals surface area contributed by atoms with Crippen LogP contribution in [0.2, 0.25) is 0 Å². The van der Waals surface area contributed by atoms with Gasteiger partial charge in [-0.05, 0) is 57.4 Å². The number of anilines is 1. The minimum absolute atomic E-state index is 0.00413. The molecule has 4 heterocycles. The average Bonchev–Trinajstić information content (AvgIpc) is 3.17. The standard InChI is InChI=1S/C24H32N6/c1-17-14-29(22-6-5-18(13-25)23-21(22)4-3-9-27-23)15-20-12-19(16-30(17)20)28-10-7-24(2,26)8-11-28/h3-6,9,17,19-20H,7-8,10-12,14-16,26H2,1-2H3/t17-,19+,20+/m1/s1/i9D. The molecular formula is C24H32N6. The second kappa shape index (κ2) is 7.49. The second-order valence-corrected chi connectivity index (χ2v) is 9.76. The van der Waals surface area contributed by atoms with Gasteiger partial charge in [0.05, 0.1) is 12.5 Å². The second-order valence-electron chi connectivity index (χ2n) is 9.76. The van der Waals surface area contributed by atoms with Gasteiger partial charge >= 0.3 is 0 Å². The predicted octanol–water partition coefficient (Wildman–Crippen LogP) is 2.57. The van der Waals surface area contributed by atoms with Crippen LogP contribution in [-0.4, -0.2) is 71.2 Å². The number of hydrogen-bond donors (Lipinski definition) is 1. The van der Waals surface area contributed by atoms with Crippen molar-refractivity contribution in [3.05, 3.63) is 36.0 Å². The molecule has 158 valence electrons. The summed E-state index contributed by atoms with van der Waals surface area (Å²) in [5, 5.41) is 10.5. The summed E-state index contributed by atoms with van der Waals surface area (Å²) in [4.78, 5) is 12.2. The molecule has 2 N–H and O–H groups in total. The van der Waals surface area contributed by atoms with Crippen molar-refractivity contribution < 1.29 is 1.37 Å². The van der Waals surface area contributed by atoms with Crippen molar-refractivity contribution in [2.45, 2.75) is 56.8 Å². The number of nitrogens with zero attached hydrogens (tertiary/aromatic N) is 5. The highest BCUT2D eigenvalue weighted by atomic mass is 15.4. The quantitative estimate of drug-likeness (QED) is 0.828. The highest BCUT2D eigenvalue weighted by molar-refractivity contribution is 5.95. The molecule has 0 bridgehead atoms. The van der Waals surface area contributed by atoms with E-state index in [1.165, 1.54) is 6.42 Å². The molecule has 0 aliphatic carbocycles. The molecule has 1 aromatic heterocycles. The molecule has 5 rings (SSSR count). The van der Waals surface area contributed by atoms with Crippen LogP contribution in [0.5, 0.6) is 0 Å². The van der Waals surface area contributed by atoms with E-state index in [0.29, 0.717) is 29.2 Å². The molecule has 3 atom stereocenters. The van der Waals surface area contributed by atoms with Gasteiger partial charge in [-0.15, -0.1) is 0 Å². The van der Waals surface area contributed by atoms with Crippen LogP contribution in [0.25, 0.3) is 10.9 Å². The molecule has 1 aromatic carbocycles. The molecule has 6 heteroatoms. The van der Waals surface area contributed by atoms with E-state index >= 15 is 0 Å². The first-order chi connectivity index (χ1) is 14.8. The van der Waals surface area contributed by atoms with Crippen molar-refractivity contribution in [3.63, 3.8) is 0 Å². The maximum Gasteiger partial charge on any atom is 0.101 e. The number of hydrogen-bond acceptors (Lipinski definition) is 6. The number of nitrogens with two attached hydrogens (primary N) is 1. The zero-order valence-electron chi connectivity index (χ0n) is 19.0. The van der Waals surface area contributed by atoms with Crippen LogP contribution in [0.3, 0.4) is 0 Å². The number of nitriles is 1. The van der Waals surface area contributed by atoms with Crippen molar-refractivity contribution in [3.8, 4) is 6.07 Å². The number of rotatable bonds is 2. The third-order valence-corrected chi connectivity index (χ3v) is 7.53. The van der Waals surface area contributed by atoms with Crippen molar-refractivity contribution in [1.82, 2.24) is 14.8 Å². The summed E-state index contributed by atoms with van der Waals surface area (Å²) >= 11 is 0. The smallest absolute Gasteiger partial charge is 0.101 e. The SMILES string of the molecule is [2H]c1ccc2c(N3C[C@@H]4C[C@H](N5CCC(C)(N)CC5)CN4[C@H](C)C3)ccc(C#N)c2n1. The van der Waals surface area contributed by atoms with Crippen LogP contribution < -0.4 is 10.6 Å². The van der Waals surface area contributed by atoms with E-state index in [2.05, 4.69) is 45.7 Å². The Balaban J connectivity index is 1.37. The Hall–Kier alpha value is -2.20. The molecule has 0 radical (unpaired) electrons. The highest BCUT2D eigenvalue weighted by Crippen LogP contribution is 2.35. The van der Waals surface area contributed by atoms with E-state index in [1.807, 2.05) is 12.1 Å². The zero-order valence-corrected chi connectivity index (χ0v) is 18.0. The van der Waals surface area contributed by atoms with Gasteiger partial charge in [-0.1, -0.05) is 0 Å². The van der Waals surface area contributed by atoms with Gasteiger partial charge in [0.15, 0.2) is 0 Å². The summed E-state index contributed by atoms with van der Waals surface area (Å²) in [6.45, 7) is 9.85. The largest absolute Gasteiger partial charge is 0.368 e. The van der Waals surface area contributed by atoms with Gasteiger partial charge in [0.25, 0.3) is 0 Å². The van der Waals surface area contributed by atoms with Gasteiger partial charge in [-0.25, -0.2) is 0 Å². The zero-order chi connectivity index (χ0) is 21.8. The molecule has 30 heavy (non-hydrogen) atoms. The Morgan fingerprint density at radius 1 is 1.20 bits per heavy atom. The van der Waals surface area contributed by atoms with Crippen LogP contribution in [0.1, 0.15) is 40.0 Å². The summed E-state index contributed by atoms with van der Waals surface area (Å²) < 4.78 is 7.88. The van der Waals surface area contributed by atoms with E-state index in [1.54, 1.807) is 6.07 Å². The fraction of sp³-hybridized carbons (Fsp3) is 0.583. The first kappa shape index (κ1) is 18.6. The normalized spacial score (nSPS) is 30.1. The monoisotopic (exact) mass is 405 g/mol. The van der Waals surface area contributed by atoms with Crippen LogP contribution >= 0.6 is 0 Å². The fourth-order valence-corrected chi connectivity index (χ4v) is 5.72. The highest BCUT2D eigenvalue weighted by Gasteiger charge is 2.43. The summed E-state index contributed by atoms with van der Waals surface area (Å²) in [5.41, 5.74) is 8.67. The average molecular weight is 406 g/mol. The van der Waals surface area contributed by atoms with E-state index in [4.69, 9.17) is 7.10 Å². The minimum Gasteiger partial charge on any atom is -0.368 e. The van der Waals surface area contributed by atoms with Crippen LogP contribution in [-0.2, 0) is 0 Å². The Bertz CT molecular complexity index is 1020. The Kier molecular flexibility index (Phi) is 4.63. The number of benzene rings is 1. The van der Waals surface area contributed by atoms with Crippen LogP contribution in [0, 0.1) is 11.3 Å². The van der Waals surface area contributed by atoms with E-state index < -0.39 is 0 Å². The molecule has 3 fully saturated rings. The lowest BCUT2D eigenvalue weighted by atomic mass is 9.90. The molecule has 6 nitrogen and oxygen atoms in total. The van der Waals surface area contributed by atoms with Gasteiger partial charge < -0.3 is 10.6 Å². The minimum atomic E-state index is -0.00413. The summed E-state index contributed by atoms with van der Waals surface area (Å²) in [5.74, 6) is 0. The first-order valence-corrected chi connectivity index (χ1v) is 11.2. The number of pyridine rings is 1. The van der Waals surface area contributed by atoms with Crippen molar-refractivity contribution >= 4 is 16.6 Å². The van der Waals surface area contributed by atoms with Crippen LogP contribution in [0.4, 0.5) is 5.69 Å². The third-order valence-electron chi connectivity index (χ3n) is 7.53. The number of piperidine rings is 1. The molecule has 3 aliphatic heterocycles. The molecule has 0 saturated carbocycles. The third kappa shape index (κ3) is 3.45.